The predicted octanol–water partition coefficient (Wildman–Crippen LogP) is 1.34. The molecule has 0 aromatic rings. The lowest BCUT2D eigenvalue weighted by molar-refractivity contribution is 0.410. The summed E-state index contributed by atoms with van der Waals surface area (Å²) in [7, 11) is -3.34. The fraction of sp³-hybridized carbons (Fsp3) is 1.00. The molecule has 0 aliphatic rings. The van der Waals surface area contributed by atoms with Gasteiger partial charge in [0, 0.05) is 24.0 Å². The van der Waals surface area contributed by atoms with Crippen LogP contribution < -0.4 is 4.72 Å². The molecule has 0 aromatic carbocycles. The van der Waals surface area contributed by atoms with Gasteiger partial charge < -0.3 is 0 Å². The Hall–Kier alpha value is 0.350. The second-order valence-electron chi connectivity index (χ2n) is 3.71. The summed E-state index contributed by atoms with van der Waals surface area (Å²) in [6, 6.07) is 0. The number of halogens is 1. The molecule has 0 heterocycles. The number of nitrogens with one attached hydrogen (secondary N) is 1. The third kappa shape index (κ3) is 4.25. The number of rotatable bonds is 6. The second kappa shape index (κ2) is 5.44. The van der Waals surface area contributed by atoms with Gasteiger partial charge in [-0.3, -0.25) is 0 Å². The van der Waals surface area contributed by atoms with Crippen molar-refractivity contribution in [2.75, 3.05) is 18.4 Å². The first-order valence-corrected chi connectivity index (χ1v) is 7.20. The van der Waals surface area contributed by atoms with Gasteiger partial charge in [0.15, 0.2) is 0 Å². The van der Waals surface area contributed by atoms with Crippen molar-refractivity contribution in [1.29, 1.82) is 0 Å². The zero-order valence-corrected chi connectivity index (χ0v) is 11.6. The lowest BCUT2D eigenvalue weighted by Gasteiger charge is -2.27. The van der Waals surface area contributed by atoms with Crippen LogP contribution in [0.4, 0.5) is 0 Å². The molecule has 0 unspecified atom stereocenters. The predicted molar refractivity (Wildman–Crippen MR) is 62.8 cm³/mol. The second-order valence-corrected chi connectivity index (χ2v) is 5.94. The third-order valence-electron chi connectivity index (χ3n) is 1.78. The molecule has 0 bridgehead atoms. The Morgan fingerprint density at radius 1 is 1.29 bits per heavy atom. The zero-order valence-electron chi connectivity index (χ0n) is 9.17. The van der Waals surface area contributed by atoms with E-state index in [0.717, 1.165) is 0 Å². The summed E-state index contributed by atoms with van der Waals surface area (Å²) in [5.74, 6) is 0. The quantitative estimate of drug-likeness (QED) is 0.749. The molecular weight excluding hydrogens is 268 g/mol. The molecule has 0 aromatic heterocycles. The molecule has 0 fully saturated rings. The van der Waals surface area contributed by atoms with Crippen LogP contribution in [-0.4, -0.2) is 36.7 Å². The minimum absolute atomic E-state index is 0.457. The van der Waals surface area contributed by atoms with E-state index in [9.17, 15) is 8.42 Å². The molecule has 0 saturated carbocycles. The van der Waals surface area contributed by atoms with Crippen molar-refractivity contribution in [3.8, 4) is 0 Å². The number of nitrogens with zero attached hydrogens (tertiary/aromatic N) is 1. The molecule has 0 rings (SSSR count). The minimum atomic E-state index is -3.34. The van der Waals surface area contributed by atoms with Crippen molar-refractivity contribution in [3.05, 3.63) is 0 Å². The van der Waals surface area contributed by atoms with E-state index in [1.807, 2.05) is 27.7 Å². The molecule has 6 heteroatoms. The largest absolute Gasteiger partial charge is 0.279 e. The number of hydrogen-bond acceptors (Lipinski definition) is 2. The molecule has 0 radical (unpaired) electrons. The summed E-state index contributed by atoms with van der Waals surface area (Å²) in [4.78, 5) is 0. The van der Waals surface area contributed by atoms with Crippen molar-refractivity contribution in [2.45, 2.75) is 33.2 Å². The average Bonchev–Trinajstić information content (AvgIpc) is 2.04. The Labute approximate surface area is 95.4 Å². The topological polar surface area (TPSA) is 49.4 Å². The van der Waals surface area contributed by atoms with Crippen LogP contribution in [0.25, 0.3) is 0 Å². The Kier molecular flexibility index (Phi) is 5.57. The van der Waals surface area contributed by atoms with E-state index in [0.29, 0.717) is 18.4 Å². The van der Waals surface area contributed by atoms with Crippen molar-refractivity contribution < 1.29 is 8.42 Å². The van der Waals surface area contributed by atoms with Gasteiger partial charge in [0.2, 0.25) is 0 Å². The zero-order chi connectivity index (χ0) is 11.4. The first-order valence-electron chi connectivity index (χ1n) is 4.64. The highest BCUT2D eigenvalue weighted by molar-refractivity contribution is 9.09. The highest BCUT2D eigenvalue weighted by Crippen LogP contribution is 2.10. The van der Waals surface area contributed by atoms with E-state index in [1.54, 1.807) is 0 Å². The number of hydrogen-bond donors (Lipinski definition) is 1. The van der Waals surface area contributed by atoms with Crippen LogP contribution in [0, 0.1) is 0 Å². The van der Waals surface area contributed by atoms with Crippen LogP contribution in [0.2, 0.25) is 0 Å². The maximum Gasteiger partial charge on any atom is 0.279 e. The third-order valence-corrected chi connectivity index (χ3v) is 5.19. The van der Waals surface area contributed by atoms with E-state index >= 15 is 0 Å². The van der Waals surface area contributed by atoms with Gasteiger partial charge in [0.1, 0.15) is 0 Å². The van der Waals surface area contributed by atoms with E-state index in [1.165, 1.54) is 4.31 Å². The normalized spacial score (nSPS) is 13.6. The van der Waals surface area contributed by atoms with E-state index < -0.39 is 15.7 Å². The maximum atomic E-state index is 11.8. The Balaban J connectivity index is 4.64. The number of alkyl halides is 1. The monoisotopic (exact) mass is 286 g/mol. The lowest BCUT2D eigenvalue weighted by atomic mass is 10.1. The van der Waals surface area contributed by atoms with Crippen LogP contribution in [-0.2, 0) is 10.2 Å². The molecule has 0 aliphatic carbocycles. The molecule has 0 amide bonds. The Bertz CT molecular complexity index is 261. The molecule has 14 heavy (non-hydrogen) atoms. The van der Waals surface area contributed by atoms with Crippen molar-refractivity contribution in [3.63, 3.8) is 0 Å². The molecule has 0 saturated heterocycles. The van der Waals surface area contributed by atoms with Crippen molar-refractivity contribution in [2.24, 2.45) is 0 Å². The lowest BCUT2D eigenvalue weighted by Crippen LogP contribution is -2.51. The molecule has 4 nitrogen and oxygen atoms in total. The summed E-state index contributed by atoms with van der Waals surface area (Å²) < 4.78 is 27.6. The van der Waals surface area contributed by atoms with Crippen molar-refractivity contribution >= 4 is 26.1 Å². The maximum absolute atomic E-state index is 11.8. The van der Waals surface area contributed by atoms with Gasteiger partial charge in [0.25, 0.3) is 10.2 Å². The molecule has 86 valence electrons. The smallest absolute Gasteiger partial charge is 0.196 e. The first-order chi connectivity index (χ1) is 6.29. The van der Waals surface area contributed by atoms with Crippen LogP contribution in [0.5, 0.6) is 0 Å². The average molecular weight is 287 g/mol. The fourth-order valence-corrected chi connectivity index (χ4v) is 2.91. The highest BCUT2D eigenvalue weighted by Gasteiger charge is 2.27. The SMILES string of the molecule is CCN(CC)S(=O)(=O)NC(C)(C)CBr. The summed E-state index contributed by atoms with van der Waals surface area (Å²) in [6.07, 6.45) is 0. The van der Waals surface area contributed by atoms with Crippen LogP contribution in [0.3, 0.4) is 0 Å². The summed E-state index contributed by atoms with van der Waals surface area (Å²) >= 11 is 3.27. The Morgan fingerprint density at radius 3 is 2.00 bits per heavy atom. The minimum Gasteiger partial charge on any atom is -0.196 e. The van der Waals surface area contributed by atoms with Crippen LogP contribution in [0.15, 0.2) is 0 Å². The Morgan fingerprint density at radius 2 is 1.71 bits per heavy atom. The van der Waals surface area contributed by atoms with Crippen molar-refractivity contribution in [1.82, 2.24) is 9.03 Å². The van der Waals surface area contributed by atoms with Gasteiger partial charge in [-0.05, 0) is 13.8 Å². The van der Waals surface area contributed by atoms with Gasteiger partial charge >= 0.3 is 0 Å². The molecule has 0 atom stereocenters. The first kappa shape index (κ1) is 14.3. The van der Waals surface area contributed by atoms with Gasteiger partial charge in [-0.1, -0.05) is 29.8 Å². The fourth-order valence-electron chi connectivity index (χ4n) is 1.00. The van der Waals surface area contributed by atoms with E-state index in [2.05, 4.69) is 20.7 Å². The van der Waals surface area contributed by atoms with Gasteiger partial charge in [-0.2, -0.15) is 17.4 Å². The molecule has 0 spiro atoms. The summed E-state index contributed by atoms with van der Waals surface area (Å²) in [5, 5.41) is 0.584. The van der Waals surface area contributed by atoms with Crippen LogP contribution >= 0.6 is 15.9 Å². The van der Waals surface area contributed by atoms with Gasteiger partial charge in [-0.15, -0.1) is 0 Å². The highest BCUT2D eigenvalue weighted by atomic mass is 79.9. The summed E-state index contributed by atoms with van der Waals surface area (Å²) in [6.45, 7) is 8.30. The molecular formula is C8H19BrN2O2S. The summed E-state index contributed by atoms with van der Waals surface area (Å²) in [5.41, 5.74) is -0.457. The van der Waals surface area contributed by atoms with E-state index in [4.69, 9.17) is 0 Å². The molecule has 0 aliphatic heterocycles. The standard InChI is InChI=1S/C8H19BrN2O2S/c1-5-11(6-2)14(12,13)10-8(3,4)7-9/h10H,5-7H2,1-4H3. The van der Waals surface area contributed by atoms with E-state index in [-0.39, 0.29) is 0 Å². The molecule has 1 N–H and O–H groups in total. The van der Waals surface area contributed by atoms with Gasteiger partial charge in [0.05, 0.1) is 0 Å². The van der Waals surface area contributed by atoms with Gasteiger partial charge in [-0.25, -0.2) is 0 Å². The van der Waals surface area contributed by atoms with Crippen LogP contribution in [0.1, 0.15) is 27.7 Å².